The molecule has 2 aliphatic rings. The number of hydrogen-bond donors (Lipinski definition) is 2. The third kappa shape index (κ3) is 3.60. The summed E-state index contributed by atoms with van der Waals surface area (Å²) < 4.78 is 0. The van der Waals surface area contributed by atoms with Crippen molar-refractivity contribution in [3.8, 4) is 0 Å². The van der Waals surface area contributed by atoms with E-state index in [2.05, 4.69) is 25.1 Å². The third-order valence-electron chi connectivity index (χ3n) is 6.24. The molecule has 2 nitrogen and oxygen atoms in total. The summed E-state index contributed by atoms with van der Waals surface area (Å²) in [5.41, 5.74) is 1.38. The second-order valence-corrected chi connectivity index (χ2v) is 8.46. The molecule has 2 fully saturated rings. The highest BCUT2D eigenvalue weighted by Crippen LogP contribution is 2.49. The standard InChI is InChI=1S/C22H32O2/c1-15-14-17(21-18(15)11-7-13-20(21)23)10-6-9-16-8-4-5-12-19(16)22(2,3)24/h4-6,8,10,12,15,17-18,20-21,23-24H,7,9,11,13-14H2,1-3H3/t15-,17?,18?,20?,21?/m0/s1. The maximum absolute atomic E-state index is 10.5. The van der Waals surface area contributed by atoms with Crippen molar-refractivity contribution in [3.63, 3.8) is 0 Å². The molecular weight excluding hydrogens is 296 g/mol. The van der Waals surface area contributed by atoms with Gasteiger partial charge in [0.15, 0.2) is 0 Å². The fourth-order valence-corrected chi connectivity index (χ4v) is 5.13. The first-order valence-electron chi connectivity index (χ1n) is 9.53. The van der Waals surface area contributed by atoms with Crippen LogP contribution in [-0.2, 0) is 12.0 Å². The summed E-state index contributed by atoms with van der Waals surface area (Å²) in [7, 11) is 0. The first-order valence-corrected chi connectivity index (χ1v) is 9.53. The van der Waals surface area contributed by atoms with Crippen LogP contribution in [0, 0.1) is 23.7 Å². The number of rotatable bonds is 4. The number of aliphatic hydroxyl groups is 2. The molecular formula is C22H32O2. The number of hydrogen-bond acceptors (Lipinski definition) is 2. The third-order valence-corrected chi connectivity index (χ3v) is 6.24. The van der Waals surface area contributed by atoms with Crippen molar-refractivity contribution in [2.24, 2.45) is 23.7 Å². The lowest BCUT2D eigenvalue weighted by Gasteiger charge is -2.34. The highest BCUT2D eigenvalue weighted by Gasteiger charge is 2.45. The van der Waals surface area contributed by atoms with Gasteiger partial charge in [0.25, 0.3) is 0 Å². The van der Waals surface area contributed by atoms with E-state index in [0.717, 1.165) is 24.3 Å². The smallest absolute Gasteiger partial charge is 0.0843 e. The van der Waals surface area contributed by atoms with E-state index in [9.17, 15) is 10.2 Å². The number of fused-ring (bicyclic) bond motifs is 1. The Bertz CT molecular complexity index is 584. The summed E-state index contributed by atoms with van der Waals surface area (Å²) in [4.78, 5) is 0. The predicted octanol–water partition coefficient (Wildman–Crippen LogP) is 4.45. The maximum atomic E-state index is 10.5. The van der Waals surface area contributed by atoms with Crippen LogP contribution in [0.1, 0.15) is 57.6 Å². The van der Waals surface area contributed by atoms with Crippen molar-refractivity contribution in [3.05, 3.63) is 47.5 Å². The zero-order chi connectivity index (χ0) is 17.3. The van der Waals surface area contributed by atoms with E-state index in [1.165, 1.54) is 24.8 Å². The molecule has 24 heavy (non-hydrogen) atoms. The topological polar surface area (TPSA) is 40.5 Å². The molecule has 2 heteroatoms. The second-order valence-electron chi connectivity index (χ2n) is 8.46. The highest BCUT2D eigenvalue weighted by molar-refractivity contribution is 5.33. The number of aliphatic hydroxyl groups excluding tert-OH is 1. The average molecular weight is 328 g/mol. The molecule has 5 atom stereocenters. The van der Waals surface area contributed by atoms with E-state index in [1.807, 2.05) is 32.0 Å². The SMILES string of the molecule is C[C@H]1CC(C=CCc2ccccc2C(C)(C)O)C2C(O)CCCC21. The zero-order valence-electron chi connectivity index (χ0n) is 15.3. The van der Waals surface area contributed by atoms with Gasteiger partial charge in [-0.1, -0.05) is 49.8 Å². The van der Waals surface area contributed by atoms with Crippen LogP contribution in [0.3, 0.4) is 0 Å². The van der Waals surface area contributed by atoms with E-state index in [-0.39, 0.29) is 6.10 Å². The van der Waals surface area contributed by atoms with Gasteiger partial charge >= 0.3 is 0 Å². The Morgan fingerprint density at radius 3 is 2.71 bits per heavy atom. The second kappa shape index (κ2) is 7.01. The Labute approximate surface area is 146 Å². The van der Waals surface area contributed by atoms with E-state index in [0.29, 0.717) is 17.8 Å². The molecule has 3 rings (SSSR count). The van der Waals surface area contributed by atoms with E-state index in [4.69, 9.17) is 0 Å². The van der Waals surface area contributed by atoms with Crippen LogP contribution >= 0.6 is 0 Å². The van der Waals surface area contributed by atoms with Gasteiger partial charge < -0.3 is 10.2 Å². The minimum Gasteiger partial charge on any atom is -0.393 e. The van der Waals surface area contributed by atoms with Crippen molar-refractivity contribution < 1.29 is 10.2 Å². The molecule has 0 heterocycles. The van der Waals surface area contributed by atoms with Gasteiger partial charge in [-0.3, -0.25) is 0 Å². The van der Waals surface area contributed by atoms with Gasteiger partial charge in [0, 0.05) is 0 Å². The van der Waals surface area contributed by atoms with Crippen LogP contribution < -0.4 is 0 Å². The monoisotopic (exact) mass is 328 g/mol. The highest BCUT2D eigenvalue weighted by atomic mass is 16.3. The fourth-order valence-electron chi connectivity index (χ4n) is 5.13. The van der Waals surface area contributed by atoms with Gasteiger partial charge in [0.2, 0.25) is 0 Å². The fraction of sp³-hybridized carbons (Fsp3) is 0.636. The van der Waals surface area contributed by atoms with Crippen molar-refractivity contribution in [2.45, 2.75) is 64.6 Å². The van der Waals surface area contributed by atoms with Gasteiger partial charge in [-0.25, -0.2) is 0 Å². The van der Waals surface area contributed by atoms with E-state index < -0.39 is 5.60 Å². The molecule has 0 saturated heterocycles. The van der Waals surface area contributed by atoms with Gasteiger partial charge in [-0.15, -0.1) is 0 Å². The first-order chi connectivity index (χ1) is 11.4. The van der Waals surface area contributed by atoms with Crippen LogP contribution in [-0.4, -0.2) is 16.3 Å². The molecule has 2 saturated carbocycles. The van der Waals surface area contributed by atoms with Crippen LogP contribution in [0.2, 0.25) is 0 Å². The van der Waals surface area contributed by atoms with Gasteiger partial charge in [-0.05, 0) is 74.3 Å². The molecule has 0 bridgehead atoms. The van der Waals surface area contributed by atoms with Crippen molar-refractivity contribution in [1.29, 1.82) is 0 Å². The summed E-state index contributed by atoms with van der Waals surface area (Å²) in [5.74, 6) is 2.39. The lowest BCUT2D eigenvalue weighted by molar-refractivity contribution is 0.0278. The van der Waals surface area contributed by atoms with E-state index >= 15 is 0 Å². The van der Waals surface area contributed by atoms with Gasteiger partial charge in [0.05, 0.1) is 11.7 Å². The molecule has 132 valence electrons. The Morgan fingerprint density at radius 1 is 1.21 bits per heavy atom. The van der Waals surface area contributed by atoms with Crippen LogP contribution in [0.4, 0.5) is 0 Å². The van der Waals surface area contributed by atoms with E-state index in [1.54, 1.807) is 0 Å². The quantitative estimate of drug-likeness (QED) is 0.802. The Balaban J connectivity index is 1.71. The molecule has 2 N–H and O–H groups in total. The lowest BCUT2D eigenvalue weighted by atomic mass is 9.74. The number of benzene rings is 1. The minimum absolute atomic E-state index is 0.119. The van der Waals surface area contributed by atoms with Gasteiger partial charge in [-0.2, -0.15) is 0 Å². The minimum atomic E-state index is -0.809. The number of allylic oxidation sites excluding steroid dienone is 2. The Kier molecular flexibility index (Phi) is 5.17. The largest absolute Gasteiger partial charge is 0.393 e. The molecule has 2 aliphatic carbocycles. The molecule has 4 unspecified atom stereocenters. The summed E-state index contributed by atoms with van der Waals surface area (Å²) in [6, 6.07) is 8.15. The van der Waals surface area contributed by atoms with Crippen LogP contribution in [0.25, 0.3) is 0 Å². The summed E-state index contributed by atoms with van der Waals surface area (Å²) in [6.07, 6.45) is 9.97. The Morgan fingerprint density at radius 2 is 1.96 bits per heavy atom. The Hall–Kier alpha value is -1.12. The maximum Gasteiger partial charge on any atom is 0.0843 e. The normalized spacial score (nSPS) is 33.8. The zero-order valence-corrected chi connectivity index (χ0v) is 15.3. The summed E-state index contributed by atoms with van der Waals surface area (Å²) >= 11 is 0. The van der Waals surface area contributed by atoms with Gasteiger partial charge in [0.1, 0.15) is 0 Å². The van der Waals surface area contributed by atoms with Crippen molar-refractivity contribution in [1.82, 2.24) is 0 Å². The molecule has 0 spiro atoms. The van der Waals surface area contributed by atoms with Crippen molar-refractivity contribution >= 4 is 0 Å². The van der Waals surface area contributed by atoms with Crippen LogP contribution in [0.15, 0.2) is 36.4 Å². The van der Waals surface area contributed by atoms with Crippen LogP contribution in [0.5, 0.6) is 0 Å². The molecule has 1 aromatic rings. The summed E-state index contributed by atoms with van der Waals surface area (Å²) in [6.45, 7) is 6.04. The molecule has 0 amide bonds. The lowest BCUT2D eigenvalue weighted by Crippen LogP contribution is -2.33. The average Bonchev–Trinajstić information content (AvgIpc) is 2.85. The molecule has 1 aromatic carbocycles. The molecule has 0 radical (unpaired) electrons. The predicted molar refractivity (Wildman–Crippen MR) is 98.6 cm³/mol. The molecule has 0 aromatic heterocycles. The first kappa shape index (κ1) is 17.7. The molecule has 0 aliphatic heterocycles. The van der Waals surface area contributed by atoms with Crippen molar-refractivity contribution in [2.75, 3.05) is 0 Å². The summed E-state index contributed by atoms with van der Waals surface area (Å²) in [5, 5.41) is 20.8.